The Morgan fingerprint density at radius 2 is 2.13 bits per heavy atom. The minimum Gasteiger partial charge on any atom is -0.508 e. The highest BCUT2D eigenvalue weighted by atomic mass is 127. The Labute approximate surface area is 102 Å². The van der Waals surface area contributed by atoms with E-state index in [2.05, 4.69) is 5.92 Å². The molecule has 0 aromatic heterocycles. The molecule has 78 valence electrons. The summed E-state index contributed by atoms with van der Waals surface area (Å²) in [5.41, 5.74) is 0.776. The Morgan fingerprint density at radius 1 is 1.53 bits per heavy atom. The van der Waals surface area contributed by atoms with Crippen LogP contribution >= 0.6 is 22.6 Å². The van der Waals surface area contributed by atoms with Crippen LogP contribution in [0.2, 0.25) is 0 Å². The summed E-state index contributed by atoms with van der Waals surface area (Å²) in [5.74, 6) is 2.09. The molecular weight excluding hydrogens is 307 g/mol. The fraction of sp³-hybridized carbons (Fsp3) is 0.182. The standard InChI is InChI=1S/C11H9IO3/c1-2-10(12)15-11(14)7-8-3-5-9(13)6-4-8/h1,3-6,10,13H,7H2. The molecule has 4 heteroatoms. The third-order valence-electron chi connectivity index (χ3n) is 1.65. The number of benzene rings is 1. The fourth-order valence-corrected chi connectivity index (χ4v) is 1.26. The summed E-state index contributed by atoms with van der Waals surface area (Å²) in [7, 11) is 0. The van der Waals surface area contributed by atoms with Gasteiger partial charge in [-0.3, -0.25) is 4.79 Å². The number of carbonyl (C=O) groups excluding carboxylic acids is 1. The highest BCUT2D eigenvalue weighted by Gasteiger charge is 2.08. The Balaban J connectivity index is 2.52. The van der Waals surface area contributed by atoms with Crippen LogP contribution in [0.15, 0.2) is 24.3 Å². The lowest BCUT2D eigenvalue weighted by molar-refractivity contribution is -0.142. The highest BCUT2D eigenvalue weighted by Crippen LogP contribution is 2.11. The maximum atomic E-state index is 11.3. The summed E-state index contributed by atoms with van der Waals surface area (Å²) >= 11 is 1.85. The number of hydrogen-bond donors (Lipinski definition) is 1. The molecule has 0 heterocycles. The lowest BCUT2D eigenvalue weighted by Gasteiger charge is -2.05. The van der Waals surface area contributed by atoms with Gasteiger partial charge >= 0.3 is 5.97 Å². The van der Waals surface area contributed by atoms with Gasteiger partial charge < -0.3 is 9.84 Å². The van der Waals surface area contributed by atoms with Crippen LogP contribution in [0.1, 0.15) is 5.56 Å². The van der Waals surface area contributed by atoms with Crippen molar-refractivity contribution in [3.63, 3.8) is 0 Å². The van der Waals surface area contributed by atoms with E-state index in [1.807, 2.05) is 22.6 Å². The molecule has 0 saturated heterocycles. The van der Waals surface area contributed by atoms with E-state index < -0.39 is 4.11 Å². The third kappa shape index (κ3) is 4.21. The summed E-state index contributed by atoms with van der Waals surface area (Å²) in [4.78, 5) is 11.3. The zero-order chi connectivity index (χ0) is 11.3. The number of esters is 1. The first-order valence-corrected chi connectivity index (χ1v) is 5.44. The van der Waals surface area contributed by atoms with Crippen molar-refractivity contribution in [1.82, 2.24) is 0 Å². The van der Waals surface area contributed by atoms with Crippen molar-refractivity contribution in [2.75, 3.05) is 0 Å². The molecule has 0 aliphatic rings. The molecule has 1 rings (SSSR count). The van der Waals surface area contributed by atoms with Crippen LogP contribution < -0.4 is 0 Å². The van der Waals surface area contributed by atoms with Crippen LogP contribution in [0.4, 0.5) is 0 Å². The van der Waals surface area contributed by atoms with Crippen molar-refractivity contribution in [3.05, 3.63) is 29.8 Å². The van der Waals surface area contributed by atoms with Crippen molar-refractivity contribution in [1.29, 1.82) is 0 Å². The molecule has 0 aliphatic carbocycles. The number of hydrogen-bond acceptors (Lipinski definition) is 3. The zero-order valence-corrected chi connectivity index (χ0v) is 9.97. The van der Waals surface area contributed by atoms with Gasteiger partial charge in [0, 0.05) is 0 Å². The van der Waals surface area contributed by atoms with Crippen LogP contribution in [-0.4, -0.2) is 15.2 Å². The number of terminal acetylenes is 1. The Kier molecular flexibility index (Phi) is 4.43. The monoisotopic (exact) mass is 316 g/mol. The highest BCUT2D eigenvalue weighted by molar-refractivity contribution is 14.1. The summed E-state index contributed by atoms with van der Waals surface area (Å²) in [6.45, 7) is 0. The van der Waals surface area contributed by atoms with Gasteiger partial charge in [-0.2, -0.15) is 0 Å². The molecule has 0 spiro atoms. The average molecular weight is 316 g/mol. The molecule has 1 N–H and O–H groups in total. The van der Waals surface area contributed by atoms with Gasteiger partial charge in [0.25, 0.3) is 0 Å². The van der Waals surface area contributed by atoms with E-state index in [9.17, 15) is 4.79 Å². The normalized spacial score (nSPS) is 11.5. The minimum absolute atomic E-state index is 0.154. The van der Waals surface area contributed by atoms with Gasteiger partial charge in [-0.05, 0) is 40.3 Å². The van der Waals surface area contributed by atoms with E-state index in [1.165, 1.54) is 12.1 Å². The van der Waals surface area contributed by atoms with Gasteiger partial charge in [-0.15, -0.1) is 6.42 Å². The molecule has 0 bridgehead atoms. The van der Waals surface area contributed by atoms with Gasteiger partial charge in [0.15, 0.2) is 0 Å². The predicted molar refractivity (Wildman–Crippen MR) is 64.5 cm³/mol. The number of carbonyl (C=O) groups is 1. The molecule has 1 aromatic carbocycles. The molecule has 0 amide bonds. The summed E-state index contributed by atoms with van der Waals surface area (Å²) in [5, 5.41) is 9.03. The number of alkyl halides is 1. The molecule has 1 unspecified atom stereocenters. The second-order valence-corrected chi connectivity index (χ2v) is 3.95. The lowest BCUT2D eigenvalue weighted by atomic mass is 10.1. The SMILES string of the molecule is C#CC(I)OC(=O)Cc1ccc(O)cc1. The van der Waals surface area contributed by atoms with Gasteiger partial charge in [0.2, 0.25) is 4.11 Å². The van der Waals surface area contributed by atoms with Crippen LogP contribution in [-0.2, 0) is 16.0 Å². The molecule has 0 radical (unpaired) electrons. The van der Waals surface area contributed by atoms with Crippen LogP contribution in [0.25, 0.3) is 0 Å². The van der Waals surface area contributed by atoms with E-state index in [4.69, 9.17) is 16.3 Å². The average Bonchev–Trinajstić information content (AvgIpc) is 2.21. The summed E-state index contributed by atoms with van der Waals surface area (Å²) in [6, 6.07) is 6.36. The van der Waals surface area contributed by atoms with Crippen LogP contribution in [0.5, 0.6) is 5.75 Å². The molecule has 0 fully saturated rings. The van der Waals surface area contributed by atoms with E-state index in [1.54, 1.807) is 12.1 Å². The summed E-state index contributed by atoms with van der Waals surface area (Å²) in [6.07, 6.45) is 5.22. The smallest absolute Gasteiger partial charge is 0.312 e. The number of aromatic hydroxyl groups is 1. The first kappa shape index (κ1) is 11.9. The van der Waals surface area contributed by atoms with Crippen molar-refractivity contribution in [2.45, 2.75) is 10.5 Å². The number of phenolic OH excluding ortho intramolecular Hbond substituents is 1. The number of phenols is 1. The molecule has 3 nitrogen and oxygen atoms in total. The maximum absolute atomic E-state index is 11.3. The van der Waals surface area contributed by atoms with Crippen molar-refractivity contribution in [3.8, 4) is 18.1 Å². The first-order chi connectivity index (χ1) is 7.11. The van der Waals surface area contributed by atoms with Gasteiger partial charge in [-0.1, -0.05) is 18.1 Å². The molecule has 15 heavy (non-hydrogen) atoms. The molecule has 0 saturated carbocycles. The fourth-order valence-electron chi connectivity index (χ4n) is 0.972. The van der Waals surface area contributed by atoms with Crippen molar-refractivity contribution >= 4 is 28.6 Å². The van der Waals surface area contributed by atoms with Gasteiger partial charge in [0.1, 0.15) is 5.75 Å². The molecule has 1 aromatic rings. The lowest BCUT2D eigenvalue weighted by Crippen LogP contribution is -2.12. The Bertz CT molecular complexity index is 378. The Morgan fingerprint density at radius 3 is 2.67 bits per heavy atom. The molecule has 1 atom stereocenters. The van der Waals surface area contributed by atoms with E-state index in [0.29, 0.717) is 0 Å². The first-order valence-electron chi connectivity index (χ1n) is 4.19. The maximum Gasteiger partial charge on any atom is 0.312 e. The van der Waals surface area contributed by atoms with Crippen molar-refractivity contribution < 1.29 is 14.6 Å². The van der Waals surface area contributed by atoms with E-state index in [-0.39, 0.29) is 18.1 Å². The molecule has 0 aliphatic heterocycles. The van der Waals surface area contributed by atoms with Gasteiger partial charge in [0.05, 0.1) is 6.42 Å². The van der Waals surface area contributed by atoms with E-state index in [0.717, 1.165) is 5.56 Å². The molecular formula is C11H9IO3. The minimum atomic E-state index is -0.535. The summed E-state index contributed by atoms with van der Waals surface area (Å²) < 4.78 is 4.35. The second-order valence-electron chi connectivity index (χ2n) is 2.82. The largest absolute Gasteiger partial charge is 0.508 e. The van der Waals surface area contributed by atoms with E-state index >= 15 is 0 Å². The Hall–Kier alpha value is -1.22. The predicted octanol–water partition coefficient (Wildman–Crippen LogP) is 1.87. The topological polar surface area (TPSA) is 46.5 Å². The van der Waals surface area contributed by atoms with Crippen LogP contribution in [0.3, 0.4) is 0 Å². The van der Waals surface area contributed by atoms with Crippen LogP contribution in [0, 0.1) is 12.3 Å². The quantitative estimate of drug-likeness (QED) is 0.401. The zero-order valence-electron chi connectivity index (χ0n) is 7.81. The van der Waals surface area contributed by atoms with Crippen molar-refractivity contribution in [2.24, 2.45) is 0 Å². The number of halogens is 1. The third-order valence-corrected chi connectivity index (χ3v) is 2.26. The number of rotatable bonds is 3. The number of ether oxygens (including phenoxy) is 1. The van der Waals surface area contributed by atoms with Gasteiger partial charge in [-0.25, -0.2) is 0 Å². The second kappa shape index (κ2) is 5.61.